The van der Waals surface area contributed by atoms with E-state index in [1.807, 2.05) is 0 Å². The van der Waals surface area contributed by atoms with E-state index in [0.717, 1.165) is 17.2 Å². The molecule has 1 amide bonds. The minimum Gasteiger partial charge on any atom is -0.387 e. The average molecular weight is 745 g/mol. The van der Waals surface area contributed by atoms with Crippen LogP contribution in [0.3, 0.4) is 0 Å². The number of nitrogens with zero attached hydrogens (tertiary/aromatic N) is 5. The first-order valence-corrected chi connectivity index (χ1v) is 18.0. The van der Waals surface area contributed by atoms with Crippen LogP contribution in [-0.4, -0.2) is 121 Å². The first kappa shape index (κ1) is 36.5. The van der Waals surface area contributed by atoms with E-state index in [0.29, 0.717) is 0 Å². The van der Waals surface area contributed by atoms with Gasteiger partial charge in [0, 0.05) is 18.0 Å². The molecule has 3 aliphatic rings. The molecule has 3 aliphatic heterocycles. The van der Waals surface area contributed by atoms with E-state index in [1.54, 1.807) is 0 Å². The third-order valence-electron chi connectivity index (χ3n) is 7.11. The topological polar surface area (TPSA) is 364 Å². The predicted molar refractivity (Wildman–Crippen MR) is 153 cm³/mol. The maximum Gasteiger partial charge on any atom is 0.481 e. The minimum absolute atomic E-state index is 0.00424. The molecular weight excluding hydrogens is 715 g/mol. The van der Waals surface area contributed by atoms with Gasteiger partial charge in [-0.25, -0.2) is 28.6 Å². The van der Waals surface area contributed by atoms with E-state index in [1.165, 1.54) is 23.4 Å². The van der Waals surface area contributed by atoms with Crippen LogP contribution in [0.1, 0.15) is 12.6 Å². The number of phosphoric acid groups is 3. The number of hydrogen-bond donors (Lipinski definition) is 9. The second-order valence-electron chi connectivity index (χ2n) is 10.4. The quantitative estimate of drug-likeness (QED) is 0.0951. The molecule has 266 valence electrons. The summed E-state index contributed by atoms with van der Waals surface area (Å²) in [5, 5.41) is 31.5. The predicted octanol–water partition coefficient (Wildman–Crippen LogP) is -2.57. The number of primary amides is 1. The Labute approximate surface area is 268 Å². The highest BCUT2D eigenvalue weighted by Crippen LogP contribution is 2.61. The van der Waals surface area contributed by atoms with Crippen molar-refractivity contribution in [2.24, 2.45) is 5.73 Å². The van der Waals surface area contributed by atoms with Gasteiger partial charge in [-0.1, -0.05) is 6.08 Å². The number of rotatable bonds is 13. The molecule has 5 heterocycles. The van der Waals surface area contributed by atoms with Gasteiger partial charge in [0.05, 0.1) is 19.5 Å². The third-order valence-corrected chi connectivity index (χ3v) is 10.2. The van der Waals surface area contributed by atoms with E-state index < -0.39 is 91.7 Å². The zero-order valence-corrected chi connectivity index (χ0v) is 26.8. The van der Waals surface area contributed by atoms with Crippen LogP contribution in [-0.2, 0) is 45.8 Å². The molecule has 0 spiro atoms. The number of phosphoric ester groups is 3. The number of fused-ring (bicyclic) bond motifs is 1. The molecule has 10 atom stereocenters. The van der Waals surface area contributed by atoms with Crippen LogP contribution in [0.4, 0.5) is 5.82 Å². The molecule has 24 nitrogen and oxygen atoms in total. The smallest absolute Gasteiger partial charge is 0.387 e. The highest BCUT2D eigenvalue weighted by molar-refractivity contribution is 7.61. The van der Waals surface area contributed by atoms with Crippen molar-refractivity contribution in [2.45, 2.75) is 55.5 Å². The number of aliphatic hydroxyl groups is 3. The Hall–Kier alpha value is -2.73. The molecule has 11 N–H and O–H groups in total. The Morgan fingerprint density at radius 2 is 1.56 bits per heavy atom. The van der Waals surface area contributed by atoms with Crippen LogP contribution in [0, 0.1) is 0 Å². The Bertz CT molecular complexity index is 1740. The SMILES string of the molecule is NC(=O)C1=CN(C2OC(COP(=O)(O)OP(=O)(O)OC[C@H]3O[C@@H](n4cnc5c(N)ncnc54)[C@H](OP(=O)(O)O)[C@H]3O)C(O)C2O)C=CC1. The van der Waals surface area contributed by atoms with E-state index in [2.05, 4.69) is 23.8 Å². The van der Waals surface area contributed by atoms with Crippen LogP contribution < -0.4 is 11.5 Å². The van der Waals surface area contributed by atoms with Crippen molar-refractivity contribution in [3.05, 3.63) is 36.7 Å². The monoisotopic (exact) mass is 745 g/mol. The first-order valence-electron chi connectivity index (χ1n) is 13.5. The number of aromatic nitrogens is 4. The standard InChI is InChI=1S/C21H30N7O17P3/c22-17-12-19(25-7-24-17)28(8-26-12)21-16(44-46(33,34)35)14(30)11(43-21)6-41-48(38,39)45-47(36,37)40-5-10-13(29)15(31)20(42-10)27-3-1-2-9(4-27)18(23)32/h1,3-4,7-8,10-11,13-16,20-21,29-31H,2,5-6H2,(H2,23,32)(H,36,37)(H,38,39)(H2,22,24,25)(H2,33,34,35)/t10?,11-,13?,14+,15?,16-,20?,21-/m1/s1. The van der Waals surface area contributed by atoms with Crippen LogP contribution in [0.25, 0.3) is 11.2 Å². The fourth-order valence-electron chi connectivity index (χ4n) is 4.93. The van der Waals surface area contributed by atoms with Crippen LogP contribution >= 0.6 is 23.5 Å². The molecule has 2 saturated heterocycles. The molecule has 2 aromatic heterocycles. The van der Waals surface area contributed by atoms with Gasteiger partial charge in [0.1, 0.15) is 48.5 Å². The lowest BCUT2D eigenvalue weighted by Crippen LogP contribution is -2.40. The lowest BCUT2D eigenvalue weighted by atomic mass is 10.1. The van der Waals surface area contributed by atoms with Crippen molar-refractivity contribution >= 4 is 46.4 Å². The Morgan fingerprint density at radius 1 is 0.938 bits per heavy atom. The van der Waals surface area contributed by atoms with E-state index in [4.69, 9.17) is 30.0 Å². The van der Waals surface area contributed by atoms with Gasteiger partial charge in [-0.3, -0.25) is 22.9 Å². The van der Waals surface area contributed by atoms with Gasteiger partial charge >= 0.3 is 23.5 Å². The number of hydrogen-bond acceptors (Lipinski definition) is 18. The fourth-order valence-corrected chi connectivity index (χ4v) is 7.57. The molecular formula is C21H30N7O17P3. The normalized spacial score (nSPS) is 31.9. The van der Waals surface area contributed by atoms with Crippen LogP contribution in [0.2, 0.25) is 0 Å². The average Bonchev–Trinajstić information content (AvgIpc) is 3.64. The molecule has 0 radical (unpaired) electrons. The van der Waals surface area contributed by atoms with Crippen molar-refractivity contribution in [1.29, 1.82) is 0 Å². The number of amides is 1. The lowest BCUT2D eigenvalue weighted by molar-refractivity contribution is -0.115. The lowest BCUT2D eigenvalue weighted by Gasteiger charge is -2.28. The summed E-state index contributed by atoms with van der Waals surface area (Å²) < 4.78 is 67.2. The maximum absolute atomic E-state index is 12.6. The van der Waals surface area contributed by atoms with Crippen molar-refractivity contribution < 1.29 is 80.7 Å². The molecule has 2 fully saturated rings. The molecule has 0 saturated carbocycles. The Kier molecular flexibility index (Phi) is 10.6. The second kappa shape index (κ2) is 13.9. The maximum atomic E-state index is 12.6. The Balaban J connectivity index is 1.20. The molecule has 0 aromatic carbocycles. The van der Waals surface area contributed by atoms with E-state index in [-0.39, 0.29) is 29.0 Å². The minimum atomic E-state index is -5.52. The summed E-state index contributed by atoms with van der Waals surface area (Å²) in [6, 6.07) is 0. The Morgan fingerprint density at radius 3 is 2.19 bits per heavy atom. The first-order chi connectivity index (χ1) is 22.4. The fraction of sp³-hybridized carbons (Fsp3) is 0.524. The number of anilines is 1. The second-order valence-corrected chi connectivity index (χ2v) is 14.6. The highest BCUT2D eigenvalue weighted by Gasteiger charge is 2.51. The molecule has 6 unspecified atom stereocenters. The zero-order chi connectivity index (χ0) is 35.2. The summed E-state index contributed by atoms with van der Waals surface area (Å²) >= 11 is 0. The van der Waals surface area contributed by atoms with Crippen molar-refractivity contribution in [1.82, 2.24) is 24.4 Å². The summed E-state index contributed by atoms with van der Waals surface area (Å²) in [5.74, 6) is -0.791. The van der Waals surface area contributed by atoms with Gasteiger partial charge in [-0.2, -0.15) is 4.31 Å². The summed E-state index contributed by atoms with van der Waals surface area (Å²) in [4.78, 5) is 63.4. The highest BCUT2D eigenvalue weighted by atomic mass is 31.3. The molecule has 48 heavy (non-hydrogen) atoms. The number of carbonyl (C=O) groups excluding carboxylic acids is 1. The number of imidazole rings is 1. The number of nitrogens with two attached hydrogens (primary N) is 2. The van der Waals surface area contributed by atoms with Crippen molar-refractivity contribution in [3.8, 4) is 0 Å². The van der Waals surface area contributed by atoms with Gasteiger partial charge < -0.3 is 60.7 Å². The largest absolute Gasteiger partial charge is 0.481 e. The number of carbonyl (C=O) groups is 1. The summed E-state index contributed by atoms with van der Waals surface area (Å²) in [6.07, 6.45) is -6.47. The van der Waals surface area contributed by atoms with Crippen LogP contribution in [0.5, 0.6) is 0 Å². The van der Waals surface area contributed by atoms with E-state index >= 15 is 0 Å². The van der Waals surface area contributed by atoms with Crippen LogP contribution in [0.15, 0.2) is 36.7 Å². The summed E-state index contributed by atoms with van der Waals surface area (Å²) in [7, 11) is -16.3. The molecule has 0 bridgehead atoms. The number of allylic oxidation sites excluding steroid dienone is 1. The van der Waals surface area contributed by atoms with Gasteiger partial charge in [0.25, 0.3) is 0 Å². The summed E-state index contributed by atoms with van der Waals surface area (Å²) in [5.41, 5.74) is 11.3. The van der Waals surface area contributed by atoms with E-state index in [9.17, 15) is 53.4 Å². The molecule has 2 aromatic rings. The number of nitrogen functional groups attached to an aromatic ring is 1. The summed E-state index contributed by atoms with van der Waals surface area (Å²) in [6.45, 7) is -2.02. The third kappa shape index (κ3) is 8.17. The van der Waals surface area contributed by atoms with Crippen molar-refractivity contribution in [3.63, 3.8) is 0 Å². The zero-order valence-electron chi connectivity index (χ0n) is 24.1. The van der Waals surface area contributed by atoms with Gasteiger partial charge in [0.2, 0.25) is 5.91 Å². The molecule has 5 rings (SSSR count). The van der Waals surface area contributed by atoms with Gasteiger partial charge in [0.15, 0.2) is 23.9 Å². The van der Waals surface area contributed by atoms with Gasteiger partial charge in [-0.05, 0) is 6.42 Å². The van der Waals surface area contributed by atoms with Gasteiger partial charge in [-0.15, -0.1) is 0 Å². The van der Waals surface area contributed by atoms with Crippen molar-refractivity contribution in [2.75, 3.05) is 18.9 Å². The molecule has 27 heteroatoms. The number of ether oxygens (including phenoxy) is 2. The molecule has 0 aliphatic carbocycles. The number of aliphatic hydroxyl groups excluding tert-OH is 3.